The third kappa shape index (κ3) is 3.68. The molecule has 0 bridgehead atoms. The van der Waals surface area contributed by atoms with E-state index in [0.29, 0.717) is 5.92 Å². The van der Waals surface area contributed by atoms with Gasteiger partial charge in [0, 0.05) is 32.4 Å². The first-order chi connectivity index (χ1) is 7.52. The first-order valence-electron chi connectivity index (χ1n) is 5.82. The van der Waals surface area contributed by atoms with Gasteiger partial charge in [-0.25, -0.2) is 4.98 Å². The minimum Gasteiger partial charge on any atom is -0.370 e. The van der Waals surface area contributed by atoms with E-state index in [4.69, 9.17) is 0 Å². The number of anilines is 2. The molecule has 90 valence electrons. The Morgan fingerprint density at radius 2 is 2.00 bits per heavy atom. The second-order valence-corrected chi connectivity index (χ2v) is 4.57. The zero-order valence-corrected chi connectivity index (χ0v) is 10.9. The van der Waals surface area contributed by atoms with Gasteiger partial charge in [0.2, 0.25) is 5.95 Å². The number of rotatable bonds is 5. The summed E-state index contributed by atoms with van der Waals surface area (Å²) in [5, 5.41) is 3.24. The van der Waals surface area contributed by atoms with Gasteiger partial charge in [-0.1, -0.05) is 13.8 Å². The maximum atomic E-state index is 4.53. The molecule has 16 heavy (non-hydrogen) atoms. The second kappa shape index (κ2) is 5.68. The molecule has 0 aliphatic carbocycles. The van der Waals surface area contributed by atoms with Crippen LogP contribution in [0.4, 0.5) is 11.8 Å². The summed E-state index contributed by atoms with van der Waals surface area (Å²) in [5.41, 5.74) is 1.10. The third-order valence-electron chi connectivity index (χ3n) is 2.14. The molecule has 1 aromatic heterocycles. The fraction of sp³-hybridized carbons (Fsp3) is 0.667. The van der Waals surface area contributed by atoms with Gasteiger partial charge in [0.1, 0.15) is 5.82 Å². The molecule has 0 saturated heterocycles. The zero-order valence-electron chi connectivity index (χ0n) is 10.9. The van der Waals surface area contributed by atoms with Crippen LogP contribution in [0.5, 0.6) is 0 Å². The highest BCUT2D eigenvalue weighted by Gasteiger charge is 2.07. The largest absolute Gasteiger partial charge is 0.370 e. The Bertz CT molecular complexity index is 334. The van der Waals surface area contributed by atoms with Crippen molar-refractivity contribution in [1.29, 1.82) is 0 Å². The molecule has 0 aliphatic rings. The molecule has 0 saturated carbocycles. The van der Waals surface area contributed by atoms with E-state index in [2.05, 4.69) is 36.1 Å². The molecule has 0 atom stereocenters. The molecule has 1 rings (SSSR count). The molecule has 4 heteroatoms. The van der Waals surface area contributed by atoms with E-state index in [1.165, 1.54) is 0 Å². The summed E-state index contributed by atoms with van der Waals surface area (Å²) in [6.07, 6.45) is 0.988. The molecule has 4 nitrogen and oxygen atoms in total. The minimum atomic E-state index is 0.611. The number of hydrogen-bond acceptors (Lipinski definition) is 4. The highest BCUT2D eigenvalue weighted by molar-refractivity contribution is 5.43. The van der Waals surface area contributed by atoms with Gasteiger partial charge in [0.15, 0.2) is 0 Å². The maximum Gasteiger partial charge on any atom is 0.226 e. The van der Waals surface area contributed by atoms with Crippen molar-refractivity contribution in [2.24, 2.45) is 5.92 Å². The molecule has 0 fully saturated rings. The average molecular weight is 222 g/mol. The van der Waals surface area contributed by atoms with Gasteiger partial charge in [0.25, 0.3) is 0 Å². The van der Waals surface area contributed by atoms with E-state index >= 15 is 0 Å². The van der Waals surface area contributed by atoms with Crippen LogP contribution in [0.2, 0.25) is 0 Å². The van der Waals surface area contributed by atoms with Crippen LogP contribution in [-0.4, -0.2) is 30.6 Å². The molecule has 1 heterocycles. The lowest BCUT2D eigenvalue weighted by Crippen LogP contribution is -2.15. The highest BCUT2D eigenvalue weighted by atomic mass is 15.2. The van der Waals surface area contributed by atoms with Gasteiger partial charge in [-0.3, -0.25) is 0 Å². The van der Waals surface area contributed by atoms with Crippen LogP contribution in [0.1, 0.15) is 26.5 Å². The second-order valence-electron chi connectivity index (χ2n) is 4.57. The van der Waals surface area contributed by atoms with Crippen LogP contribution in [0, 0.1) is 5.92 Å². The highest BCUT2D eigenvalue weighted by Crippen LogP contribution is 2.14. The van der Waals surface area contributed by atoms with Gasteiger partial charge in [-0.05, 0) is 19.3 Å². The van der Waals surface area contributed by atoms with Crippen molar-refractivity contribution < 1.29 is 0 Å². The molecule has 1 aromatic rings. The van der Waals surface area contributed by atoms with Crippen molar-refractivity contribution in [3.8, 4) is 0 Å². The Balaban J connectivity index is 2.98. The summed E-state index contributed by atoms with van der Waals surface area (Å²) >= 11 is 0. The number of aromatic nitrogens is 2. The number of nitrogens with zero attached hydrogens (tertiary/aromatic N) is 3. The summed E-state index contributed by atoms with van der Waals surface area (Å²) in [6, 6.07) is 2.04. The van der Waals surface area contributed by atoms with Crippen LogP contribution in [0.3, 0.4) is 0 Å². The van der Waals surface area contributed by atoms with Crippen LogP contribution >= 0.6 is 0 Å². The fourth-order valence-electron chi connectivity index (χ4n) is 1.48. The Kier molecular flexibility index (Phi) is 4.52. The van der Waals surface area contributed by atoms with Crippen molar-refractivity contribution in [3.63, 3.8) is 0 Å². The van der Waals surface area contributed by atoms with Gasteiger partial charge >= 0.3 is 0 Å². The van der Waals surface area contributed by atoms with Crippen LogP contribution < -0.4 is 10.2 Å². The smallest absolute Gasteiger partial charge is 0.226 e. The predicted octanol–water partition coefficient (Wildman–Crippen LogP) is 2.17. The molecule has 0 aromatic carbocycles. The first kappa shape index (κ1) is 12.7. The predicted molar refractivity (Wildman–Crippen MR) is 69.1 cm³/mol. The van der Waals surface area contributed by atoms with E-state index in [1.807, 2.05) is 25.1 Å². The Morgan fingerprint density at radius 1 is 1.31 bits per heavy atom. The van der Waals surface area contributed by atoms with E-state index in [9.17, 15) is 0 Å². The molecular weight excluding hydrogens is 200 g/mol. The standard InChI is InChI=1S/C12H22N4/c1-6-13-11-8-10(7-9(2)3)14-12(15-11)16(4)5/h8-9H,6-7H2,1-5H3,(H,13,14,15). The molecule has 0 amide bonds. The maximum absolute atomic E-state index is 4.53. The Labute approximate surface area is 98.1 Å². The lowest BCUT2D eigenvalue weighted by atomic mass is 10.1. The SMILES string of the molecule is CCNc1cc(CC(C)C)nc(N(C)C)n1. The van der Waals surface area contributed by atoms with E-state index in [0.717, 1.165) is 30.4 Å². The molecule has 0 spiro atoms. The van der Waals surface area contributed by atoms with E-state index in [1.54, 1.807) is 0 Å². The third-order valence-corrected chi connectivity index (χ3v) is 2.14. The lowest BCUT2D eigenvalue weighted by Gasteiger charge is -2.14. The number of nitrogens with one attached hydrogen (secondary N) is 1. The van der Waals surface area contributed by atoms with Crippen molar-refractivity contribution in [2.75, 3.05) is 30.9 Å². The molecule has 0 unspecified atom stereocenters. The number of hydrogen-bond donors (Lipinski definition) is 1. The topological polar surface area (TPSA) is 41.1 Å². The Morgan fingerprint density at radius 3 is 2.50 bits per heavy atom. The van der Waals surface area contributed by atoms with Crippen molar-refractivity contribution in [1.82, 2.24) is 9.97 Å². The lowest BCUT2D eigenvalue weighted by molar-refractivity contribution is 0.634. The molecule has 1 N–H and O–H groups in total. The first-order valence-corrected chi connectivity index (χ1v) is 5.82. The van der Waals surface area contributed by atoms with Crippen molar-refractivity contribution >= 4 is 11.8 Å². The van der Waals surface area contributed by atoms with Gasteiger partial charge in [0.05, 0.1) is 0 Å². The van der Waals surface area contributed by atoms with Gasteiger partial charge in [-0.2, -0.15) is 4.98 Å². The van der Waals surface area contributed by atoms with Crippen molar-refractivity contribution in [2.45, 2.75) is 27.2 Å². The molecular formula is C12H22N4. The summed E-state index contributed by atoms with van der Waals surface area (Å²) in [7, 11) is 3.93. The fourth-order valence-corrected chi connectivity index (χ4v) is 1.48. The van der Waals surface area contributed by atoms with Gasteiger partial charge in [-0.15, -0.1) is 0 Å². The van der Waals surface area contributed by atoms with Crippen LogP contribution in [-0.2, 0) is 6.42 Å². The summed E-state index contributed by atoms with van der Waals surface area (Å²) in [6.45, 7) is 7.35. The molecule has 0 radical (unpaired) electrons. The summed E-state index contributed by atoms with van der Waals surface area (Å²) < 4.78 is 0. The van der Waals surface area contributed by atoms with E-state index in [-0.39, 0.29) is 0 Å². The zero-order chi connectivity index (χ0) is 12.1. The monoisotopic (exact) mass is 222 g/mol. The van der Waals surface area contributed by atoms with Crippen LogP contribution in [0.25, 0.3) is 0 Å². The van der Waals surface area contributed by atoms with Crippen molar-refractivity contribution in [3.05, 3.63) is 11.8 Å². The quantitative estimate of drug-likeness (QED) is 0.829. The minimum absolute atomic E-state index is 0.611. The molecule has 0 aliphatic heterocycles. The Hall–Kier alpha value is -1.32. The van der Waals surface area contributed by atoms with Gasteiger partial charge < -0.3 is 10.2 Å². The van der Waals surface area contributed by atoms with E-state index < -0.39 is 0 Å². The summed E-state index contributed by atoms with van der Waals surface area (Å²) in [5.74, 6) is 2.30. The normalized spacial score (nSPS) is 10.6. The van der Waals surface area contributed by atoms with Crippen LogP contribution in [0.15, 0.2) is 6.07 Å². The average Bonchev–Trinajstić information content (AvgIpc) is 2.16. The summed E-state index contributed by atoms with van der Waals surface area (Å²) in [4.78, 5) is 10.9.